The molecule has 0 bridgehead atoms. The van der Waals surface area contributed by atoms with Crippen LogP contribution in [-0.4, -0.2) is 56.4 Å². The molecule has 0 aliphatic carbocycles. The van der Waals surface area contributed by atoms with E-state index in [9.17, 15) is 9.18 Å². The SMILES string of the molecule is CCn1cc(CN2CCC[C@H](c3ncc(C(=O)N4CCCC4)c(C)n3)C2)c2ccc(F)cc21. The number of hydrogen-bond acceptors (Lipinski definition) is 4. The van der Waals surface area contributed by atoms with Gasteiger partial charge in [0.2, 0.25) is 0 Å². The Hall–Kier alpha value is -2.80. The highest BCUT2D eigenvalue weighted by molar-refractivity contribution is 5.95. The van der Waals surface area contributed by atoms with Crippen LogP contribution in [0.4, 0.5) is 4.39 Å². The van der Waals surface area contributed by atoms with Crippen molar-refractivity contribution in [1.29, 1.82) is 0 Å². The number of aryl methyl sites for hydroxylation is 2. The number of carbonyl (C=O) groups is 1. The van der Waals surface area contributed by atoms with Crippen molar-refractivity contribution in [3.63, 3.8) is 0 Å². The van der Waals surface area contributed by atoms with Gasteiger partial charge in [-0.3, -0.25) is 9.69 Å². The molecule has 7 heteroatoms. The van der Waals surface area contributed by atoms with Gasteiger partial charge in [-0.05, 0) is 69.8 Å². The number of rotatable bonds is 5. The molecule has 174 valence electrons. The molecule has 2 saturated heterocycles. The number of amides is 1. The average molecular weight is 450 g/mol. The highest BCUT2D eigenvalue weighted by Gasteiger charge is 2.27. The van der Waals surface area contributed by atoms with Crippen LogP contribution in [0.2, 0.25) is 0 Å². The van der Waals surface area contributed by atoms with Gasteiger partial charge < -0.3 is 9.47 Å². The Bertz CT molecular complexity index is 1170. The van der Waals surface area contributed by atoms with Crippen LogP contribution in [0.25, 0.3) is 10.9 Å². The zero-order chi connectivity index (χ0) is 22.9. The summed E-state index contributed by atoms with van der Waals surface area (Å²) in [7, 11) is 0. The third-order valence-corrected chi connectivity index (χ3v) is 7.15. The maximum atomic E-state index is 13.8. The molecule has 0 spiro atoms. The average Bonchev–Trinajstić information content (AvgIpc) is 3.47. The van der Waals surface area contributed by atoms with Crippen molar-refractivity contribution in [3.8, 4) is 0 Å². The molecule has 33 heavy (non-hydrogen) atoms. The standard InChI is InChI=1S/C26H32FN5O/c1-3-31-17-20(22-9-8-21(27)13-24(22)31)16-30-10-6-7-19(15-30)25-28-14-23(18(2)29-25)26(33)32-11-4-5-12-32/h8-9,13-14,17,19H,3-7,10-12,15-16H2,1-2H3/t19-/m0/s1. The molecular weight excluding hydrogens is 417 g/mol. The Morgan fingerprint density at radius 1 is 1.18 bits per heavy atom. The maximum Gasteiger partial charge on any atom is 0.257 e. The predicted octanol–water partition coefficient (Wildman–Crippen LogP) is 4.51. The van der Waals surface area contributed by atoms with Crippen molar-refractivity contribution in [1.82, 2.24) is 24.3 Å². The molecule has 2 aliphatic heterocycles. The first-order valence-corrected chi connectivity index (χ1v) is 12.2. The summed E-state index contributed by atoms with van der Waals surface area (Å²) in [6.07, 6.45) is 8.19. The normalized spacial score (nSPS) is 19.5. The third-order valence-electron chi connectivity index (χ3n) is 7.15. The van der Waals surface area contributed by atoms with E-state index < -0.39 is 0 Å². The molecule has 3 aromatic rings. The molecule has 5 rings (SSSR count). The molecule has 1 aromatic carbocycles. The largest absolute Gasteiger partial charge is 0.347 e. The van der Waals surface area contributed by atoms with Crippen LogP contribution in [0.15, 0.2) is 30.6 Å². The van der Waals surface area contributed by atoms with E-state index in [1.165, 1.54) is 5.56 Å². The number of likely N-dealkylation sites (tertiary alicyclic amines) is 2. The quantitative estimate of drug-likeness (QED) is 0.575. The second-order valence-electron chi connectivity index (χ2n) is 9.40. The number of nitrogens with zero attached hydrogens (tertiary/aromatic N) is 5. The fourth-order valence-corrected chi connectivity index (χ4v) is 5.36. The monoisotopic (exact) mass is 449 g/mol. The second kappa shape index (κ2) is 9.21. The lowest BCUT2D eigenvalue weighted by atomic mass is 9.96. The number of carbonyl (C=O) groups excluding carboxylic acids is 1. The molecule has 4 heterocycles. The Morgan fingerprint density at radius 2 is 2.00 bits per heavy atom. The van der Waals surface area contributed by atoms with Crippen LogP contribution in [0.1, 0.15) is 66.0 Å². The molecule has 0 unspecified atom stereocenters. The summed E-state index contributed by atoms with van der Waals surface area (Å²) in [5, 5.41) is 1.12. The lowest BCUT2D eigenvalue weighted by Crippen LogP contribution is -2.35. The van der Waals surface area contributed by atoms with E-state index in [4.69, 9.17) is 4.98 Å². The summed E-state index contributed by atoms with van der Waals surface area (Å²) in [6, 6.07) is 5.07. The zero-order valence-electron chi connectivity index (χ0n) is 19.6. The highest BCUT2D eigenvalue weighted by atomic mass is 19.1. The second-order valence-corrected chi connectivity index (χ2v) is 9.40. The Kier molecular flexibility index (Phi) is 6.15. The fraction of sp³-hybridized carbons (Fsp3) is 0.500. The molecular formula is C26H32FN5O. The Balaban J connectivity index is 1.32. The highest BCUT2D eigenvalue weighted by Crippen LogP contribution is 2.29. The summed E-state index contributed by atoms with van der Waals surface area (Å²) in [4.78, 5) is 26.6. The molecule has 0 N–H and O–H groups in total. The van der Waals surface area contributed by atoms with Gasteiger partial charge in [0.15, 0.2) is 0 Å². The van der Waals surface area contributed by atoms with Crippen LogP contribution in [0.5, 0.6) is 0 Å². The summed E-state index contributed by atoms with van der Waals surface area (Å²) >= 11 is 0. The van der Waals surface area contributed by atoms with E-state index >= 15 is 0 Å². The number of hydrogen-bond donors (Lipinski definition) is 0. The number of fused-ring (bicyclic) bond motifs is 1. The summed E-state index contributed by atoms with van der Waals surface area (Å²) < 4.78 is 15.9. The lowest BCUT2D eigenvalue weighted by molar-refractivity contribution is 0.0791. The first-order chi connectivity index (χ1) is 16.0. The van der Waals surface area contributed by atoms with Gasteiger partial charge in [-0.25, -0.2) is 14.4 Å². The zero-order valence-corrected chi connectivity index (χ0v) is 19.6. The van der Waals surface area contributed by atoms with Gasteiger partial charge in [0, 0.05) is 56.4 Å². The van der Waals surface area contributed by atoms with E-state index in [2.05, 4.69) is 27.6 Å². The minimum absolute atomic E-state index is 0.0607. The molecule has 1 amide bonds. The van der Waals surface area contributed by atoms with E-state index in [0.29, 0.717) is 5.56 Å². The molecule has 0 saturated carbocycles. The van der Waals surface area contributed by atoms with Gasteiger partial charge in [0.05, 0.1) is 16.8 Å². The number of benzene rings is 1. The van der Waals surface area contributed by atoms with Gasteiger partial charge >= 0.3 is 0 Å². The lowest BCUT2D eigenvalue weighted by Gasteiger charge is -2.32. The van der Waals surface area contributed by atoms with Crippen LogP contribution >= 0.6 is 0 Å². The molecule has 6 nitrogen and oxygen atoms in total. The first-order valence-electron chi connectivity index (χ1n) is 12.2. The Morgan fingerprint density at radius 3 is 2.76 bits per heavy atom. The van der Waals surface area contributed by atoms with Gasteiger partial charge in [-0.1, -0.05) is 0 Å². The summed E-state index contributed by atoms with van der Waals surface area (Å²) in [5.41, 5.74) is 3.60. The summed E-state index contributed by atoms with van der Waals surface area (Å²) in [5.74, 6) is 0.961. The number of halogens is 1. The van der Waals surface area contributed by atoms with Crippen LogP contribution < -0.4 is 0 Å². The van der Waals surface area contributed by atoms with Gasteiger partial charge in [-0.15, -0.1) is 0 Å². The van der Waals surface area contributed by atoms with Crippen molar-refractivity contribution in [3.05, 3.63) is 59.1 Å². The number of aromatic nitrogens is 3. The van der Waals surface area contributed by atoms with E-state index in [0.717, 1.165) is 87.4 Å². The molecule has 1 atom stereocenters. The minimum atomic E-state index is -0.195. The molecule has 2 aromatic heterocycles. The van der Waals surface area contributed by atoms with Crippen LogP contribution in [0.3, 0.4) is 0 Å². The molecule has 0 radical (unpaired) electrons. The van der Waals surface area contributed by atoms with Crippen molar-refractivity contribution in [2.45, 2.75) is 58.5 Å². The van der Waals surface area contributed by atoms with E-state index in [-0.39, 0.29) is 17.6 Å². The smallest absolute Gasteiger partial charge is 0.257 e. The maximum absolute atomic E-state index is 13.8. The summed E-state index contributed by atoms with van der Waals surface area (Å²) in [6.45, 7) is 9.24. The van der Waals surface area contributed by atoms with Crippen LogP contribution in [-0.2, 0) is 13.1 Å². The van der Waals surface area contributed by atoms with Crippen molar-refractivity contribution >= 4 is 16.8 Å². The van der Waals surface area contributed by atoms with E-state index in [1.807, 2.05) is 17.9 Å². The topological polar surface area (TPSA) is 54.3 Å². The van der Waals surface area contributed by atoms with Crippen molar-refractivity contribution in [2.24, 2.45) is 0 Å². The first kappa shape index (κ1) is 22.0. The predicted molar refractivity (Wildman–Crippen MR) is 127 cm³/mol. The van der Waals surface area contributed by atoms with Crippen molar-refractivity contribution in [2.75, 3.05) is 26.2 Å². The third kappa shape index (κ3) is 4.38. The van der Waals surface area contributed by atoms with Crippen LogP contribution in [0, 0.1) is 12.7 Å². The van der Waals surface area contributed by atoms with Crippen molar-refractivity contribution < 1.29 is 9.18 Å². The Labute approximate surface area is 194 Å². The van der Waals surface area contributed by atoms with Gasteiger partial charge in [-0.2, -0.15) is 0 Å². The molecule has 2 fully saturated rings. The fourth-order valence-electron chi connectivity index (χ4n) is 5.36. The number of piperidine rings is 1. The van der Waals surface area contributed by atoms with Gasteiger partial charge in [0.25, 0.3) is 5.91 Å². The molecule has 2 aliphatic rings. The van der Waals surface area contributed by atoms with E-state index in [1.54, 1.807) is 18.3 Å². The minimum Gasteiger partial charge on any atom is -0.347 e. The van der Waals surface area contributed by atoms with Gasteiger partial charge in [0.1, 0.15) is 11.6 Å².